The van der Waals surface area contributed by atoms with Crippen molar-refractivity contribution in [1.82, 2.24) is 5.32 Å². The van der Waals surface area contributed by atoms with Gasteiger partial charge < -0.3 is 5.32 Å². The highest BCUT2D eigenvalue weighted by Crippen LogP contribution is 2.41. The van der Waals surface area contributed by atoms with Gasteiger partial charge in [0.15, 0.2) is 0 Å². The van der Waals surface area contributed by atoms with Gasteiger partial charge in [0.05, 0.1) is 5.25 Å². The predicted molar refractivity (Wildman–Crippen MR) is 111 cm³/mol. The number of hydrogen-bond acceptors (Lipinski definition) is 4. The monoisotopic (exact) mass is 409 g/mol. The lowest BCUT2D eigenvalue weighted by atomic mass is 10.1. The minimum absolute atomic E-state index is 0.114. The third kappa shape index (κ3) is 4.66. The number of carbonyl (C=O) groups is 2. The van der Waals surface area contributed by atoms with E-state index >= 15 is 0 Å². The number of hydrogen-bond donors (Lipinski definition) is 1. The number of carbonyl (C=O) groups excluding carboxylic acids is 2. The molecule has 2 aromatic rings. The molecule has 1 aliphatic heterocycles. The van der Waals surface area contributed by atoms with Gasteiger partial charge in [-0.15, -0.1) is 0 Å². The quantitative estimate of drug-likeness (QED) is 0.582. The van der Waals surface area contributed by atoms with Crippen molar-refractivity contribution >= 4 is 29.3 Å². The summed E-state index contributed by atoms with van der Waals surface area (Å²) in [4.78, 5) is 26.8. The minimum Gasteiger partial charge on any atom is -0.351 e. The second-order valence-electron chi connectivity index (χ2n) is 6.45. The van der Waals surface area contributed by atoms with E-state index in [9.17, 15) is 19.2 Å². The predicted octanol–water partition coefficient (Wildman–Crippen LogP) is 3.78. The lowest BCUT2D eigenvalue weighted by Gasteiger charge is -2.18. The van der Waals surface area contributed by atoms with E-state index in [1.165, 1.54) is 40.9 Å². The molecule has 0 saturated carbocycles. The van der Waals surface area contributed by atoms with Crippen LogP contribution in [0.4, 0.5) is 10.1 Å². The molecule has 7 heteroatoms. The van der Waals surface area contributed by atoms with Crippen LogP contribution in [0.2, 0.25) is 0 Å². The molecule has 0 radical (unpaired) electrons. The first-order valence-corrected chi connectivity index (χ1v) is 10.2. The van der Waals surface area contributed by atoms with Gasteiger partial charge in [0.1, 0.15) is 22.5 Å². The highest BCUT2D eigenvalue weighted by atomic mass is 32.2. The summed E-state index contributed by atoms with van der Waals surface area (Å²) in [6.07, 6.45) is 1.19. The molecule has 2 aromatic carbocycles. The summed E-state index contributed by atoms with van der Waals surface area (Å²) in [7, 11) is 0. The number of nitrogens with zero attached hydrogens (tertiary/aromatic N) is 2. The fraction of sp³-hybridized carbons (Fsp3) is 0.227. The Morgan fingerprint density at radius 3 is 2.52 bits per heavy atom. The number of anilines is 1. The Hall–Kier alpha value is -3.11. The first-order chi connectivity index (χ1) is 14.0. The van der Waals surface area contributed by atoms with Crippen LogP contribution in [0.15, 0.2) is 65.2 Å². The van der Waals surface area contributed by atoms with E-state index in [2.05, 4.69) is 5.32 Å². The standard InChI is InChI=1S/C22H20FN3O2S/c1-2-19-21(28)26(17-10-8-16(23)9-11-17)22(29-19)18(14-24)20(27)25-13-12-15-6-4-3-5-7-15/h3-11,19H,2,12-13H2,1H3,(H,25,27). The van der Waals surface area contributed by atoms with Gasteiger partial charge in [-0.3, -0.25) is 14.5 Å². The van der Waals surface area contributed by atoms with Gasteiger partial charge in [-0.1, -0.05) is 49.0 Å². The van der Waals surface area contributed by atoms with E-state index in [1.807, 2.05) is 43.3 Å². The number of thioether (sulfide) groups is 1. The molecule has 0 aromatic heterocycles. The molecule has 2 amide bonds. The highest BCUT2D eigenvalue weighted by Gasteiger charge is 2.39. The maximum absolute atomic E-state index is 13.3. The Labute approximate surface area is 173 Å². The van der Waals surface area contributed by atoms with Crippen LogP contribution in [0.5, 0.6) is 0 Å². The molecule has 1 saturated heterocycles. The molecule has 1 unspecified atom stereocenters. The Bertz CT molecular complexity index is 968. The van der Waals surface area contributed by atoms with Crippen molar-refractivity contribution in [2.24, 2.45) is 0 Å². The Morgan fingerprint density at radius 1 is 1.21 bits per heavy atom. The van der Waals surface area contributed by atoms with E-state index < -0.39 is 17.0 Å². The van der Waals surface area contributed by atoms with E-state index in [0.717, 1.165) is 5.56 Å². The van der Waals surface area contributed by atoms with Crippen LogP contribution in [0.1, 0.15) is 18.9 Å². The van der Waals surface area contributed by atoms with Gasteiger partial charge in [0, 0.05) is 12.2 Å². The summed E-state index contributed by atoms with van der Waals surface area (Å²) in [5.41, 5.74) is 1.39. The van der Waals surface area contributed by atoms with Crippen LogP contribution in [-0.2, 0) is 16.0 Å². The topological polar surface area (TPSA) is 73.2 Å². The molecule has 1 aliphatic rings. The van der Waals surface area contributed by atoms with E-state index in [0.29, 0.717) is 25.1 Å². The van der Waals surface area contributed by atoms with Crippen molar-refractivity contribution in [2.45, 2.75) is 25.0 Å². The first kappa shape index (κ1) is 20.6. The first-order valence-electron chi connectivity index (χ1n) is 9.27. The van der Waals surface area contributed by atoms with Crippen molar-refractivity contribution in [3.8, 4) is 6.07 Å². The zero-order valence-electron chi connectivity index (χ0n) is 15.9. The molecule has 1 heterocycles. The number of nitriles is 1. The van der Waals surface area contributed by atoms with Gasteiger partial charge in [-0.05, 0) is 42.7 Å². The molecular formula is C22H20FN3O2S. The largest absolute Gasteiger partial charge is 0.351 e. The molecule has 1 atom stereocenters. The van der Waals surface area contributed by atoms with Gasteiger partial charge >= 0.3 is 0 Å². The lowest BCUT2D eigenvalue weighted by molar-refractivity contribution is -0.117. The van der Waals surface area contributed by atoms with E-state index in [1.54, 1.807) is 0 Å². The summed E-state index contributed by atoms with van der Waals surface area (Å²) >= 11 is 1.20. The van der Waals surface area contributed by atoms with Crippen molar-refractivity contribution in [1.29, 1.82) is 5.26 Å². The summed E-state index contributed by atoms with van der Waals surface area (Å²) < 4.78 is 13.3. The number of benzene rings is 2. The molecule has 148 valence electrons. The lowest BCUT2D eigenvalue weighted by Crippen LogP contribution is -2.32. The number of nitrogens with one attached hydrogen (secondary N) is 1. The Kier molecular flexibility index (Phi) is 6.68. The van der Waals surface area contributed by atoms with Crippen LogP contribution in [-0.4, -0.2) is 23.6 Å². The second-order valence-corrected chi connectivity index (χ2v) is 7.64. The zero-order valence-corrected chi connectivity index (χ0v) is 16.7. The maximum atomic E-state index is 13.3. The molecule has 0 aliphatic carbocycles. The molecular weight excluding hydrogens is 389 g/mol. The van der Waals surface area contributed by atoms with Gasteiger partial charge in [0.25, 0.3) is 5.91 Å². The SMILES string of the molecule is CCC1SC(=C(C#N)C(=O)NCCc2ccccc2)N(c2ccc(F)cc2)C1=O. The van der Waals surface area contributed by atoms with E-state index in [4.69, 9.17) is 0 Å². The summed E-state index contributed by atoms with van der Waals surface area (Å²) in [5.74, 6) is -1.17. The number of amides is 2. The summed E-state index contributed by atoms with van der Waals surface area (Å²) in [5, 5.41) is 12.3. The number of halogens is 1. The fourth-order valence-electron chi connectivity index (χ4n) is 2.99. The van der Waals surface area contributed by atoms with Gasteiger partial charge in [0.2, 0.25) is 5.91 Å². The van der Waals surface area contributed by atoms with Crippen LogP contribution in [0.25, 0.3) is 0 Å². The molecule has 1 N–H and O–H groups in total. The molecule has 29 heavy (non-hydrogen) atoms. The Balaban J connectivity index is 1.84. The molecule has 5 nitrogen and oxygen atoms in total. The average molecular weight is 409 g/mol. The van der Waals surface area contributed by atoms with Crippen molar-refractivity contribution < 1.29 is 14.0 Å². The number of rotatable bonds is 6. The van der Waals surface area contributed by atoms with Gasteiger partial charge in [-0.25, -0.2) is 4.39 Å². The fourth-order valence-corrected chi connectivity index (χ4v) is 4.19. The third-order valence-corrected chi connectivity index (χ3v) is 5.93. The smallest absolute Gasteiger partial charge is 0.264 e. The summed E-state index contributed by atoms with van der Waals surface area (Å²) in [6.45, 7) is 2.24. The molecule has 0 spiro atoms. The summed E-state index contributed by atoms with van der Waals surface area (Å²) in [6, 6.07) is 17.1. The van der Waals surface area contributed by atoms with Crippen LogP contribution >= 0.6 is 11.8 Å². The molecule has 1 fully saturated rings. The molecule has 3 rings (SSSR count). The van der Waals surface area contributed by atoms with E-state index in [-0.39, 0.29) is 16.5 Å². The third-order valence-electron chi connectivity index (χ3n) is 4.50. The Morgan fingerprint density at radius 2 is 1.90 bits per heavy atom. The maximum Gasteiger partial charge on any atom is 0.264 e. The minimum atomic E-state index is -0.525. The van der Waals surface area contributed by atoms with Crippen molar-refractivity contribution in [3.63, 3.8) is 0 Å². The van der Waals surface area contributed by atoms with Crippen LogP contribution in [0.3, 0.4) is 0 Å². The van der Waals surface area contributed by atoms with Crippen molar-refractivity contribution in [2.75, 3.05) is 11.4 Å². The highest BCUT2D eigenvalue weighted by molar-refractivity contribution is 8.05. The zero-order chi connectivity index (χ0) is 20.8. The normalized spacial score (nSPS) is 17.8. The van der Waals surface area contributed by atoms with Crippen molar-refractivity contribution in [3.05, 3.63) is 76.6 Å². The van der Waals surface area contributed by atoms with Crippen LogP contribution in [0, 0.1) is 17.1 Å². The van der Waals surface area contributed by atoms with Crippen LogP contribution < -0.4 is 10.2 Å². The van der Waals surface area contributed by atoms with Gasteiger partial charge in [-0.2, -0.15) is 5.26 Å². The second kappa shape index (κ2) is 9.39. The molecule has 0 bridgehead atoms. The average Bonchev–Trinajstić information content (AvgIpc) is 3.06.